The average Bonchev–Trinajstić information content (AvgIpc) is 2.90. The lowest BCUT2D eigenvalue weighted by atomic mass is 10.0. The highest BCUT2D eigenvalue weighted by Crippen LogP contribution is 2.36. The number of aryl methyl sites for hydroxylation is 2. The van der Waals surface area contributed by atoms with Gasteiger partial charge in [-0.15, -0.1) is 11.8 Å². The maximum absolute atomic E-state index is 13.3. The van der Waals surface area contributed by atoms with Gasteiger partial charge in [-0.05, 0) is 49.2 Å². The standard InChI is InChI=1S/C21H21F2N3OS/c1-13-20(14(2)26(3)25-13)24-19(27)12-28-21(15-4-8-17(22)9-5-15)16-6-10-18(23)11-7-16/h4-11,21H,12H2,1-3H3,(H,24,27). The Morgan fingerprint density at radius 2 is 1.54 bits per heavy atom. The maximum atomic E-state index is 13.3. The Kier molecular flexibility index (Phi) is 6.14. The van der Waals surface area contributed by atoms with Gasteiger partial charge in [-0.3, -0.25) is 9.48 Å². The molecule has 0 atom stereocenters. The molecule has 0 saturated carbocycles. The van der Waals surface area contributed by atoms with Crippen molar-refractivity contribution in [1.29, 1.82) is 0 Å². The van der Waals surface area contributed by atoms with Gasteiger partial charge in [0.15, 0.2) is 0 Å². The van der Waals surface area contributed by atoms with Crippen LogP contribution in [0.4, 0.5) is 14.5 Å². The Morgan fingerprint density at radius 3 is 1.96 bits per heavy atom. The minimum absolute atomic E-state index is 0.154. The van der Waals surface area contributed by atoms with Crippen LogP contribution in [0.2, 0.25) is 0 Å². The van der Waals surface area contributed by atoms with Crippen LogP contribution in [0.1, 0.15) is 27.8 Å². The summed E-state index contributed by atoms with van der Waals surface area (Å²) in [7, 11) is 1.83. The zero-order valence-corrected chi connectivity index (χ0v) is 16.7. The van der Waals surface area contributed by atoms with Crippen molar-refractivity contribution < 1.29 is 13.6 Å². The molecule has 0 aliphatic carbocycles. The van der Waals surface area contributed by atoms with E-state index in [9.17, 15) is 13.6 Å². The van der Waals surface area contributed by atoms with Gasteiger partial charge in [0, 0.05) is 7.05 Å². The zero-order chi connectivity index (χ0) is 20.3. The Hall–Kier alpha value is -2.67. The van der Waals surface area contributed by atoms with Gasteiger partial charge in [0.05, 0.1) is 28.1 Å². The number of halogens is 2. The summed E-state index contributed by atoms with van der Waals surface area (Å²) in [6, 6.07) is 12.3. The lowest BCUT2D eigenvalue weighted by Gasteiger charge is -2.18. The first-order valence-electron chi connectivity index (χ1n) is 8.77. The van der Waals surface area contributed by atoms with Crippen molar-refractivity contribution in [2.24, 2.45) is 7.05 Å². The number of hydrogen-bond acceptors (Lipinski definition) is 3. The number of thioether (sulfide) groups is 1. The maximum Gasteiger partial charge on any atom is 0.234 e. The van der Waals surface area contributed by atoms with Gasteiger partial charge >= 0.3 is 0 Å². The lowest BCUT2D eigenvalue weighted by Crippen LogP contribution is -2.16. The summed E-state index contributed by atoms with van der Waals surface area (Å²) in [6.07, 6.45) is 0. The molecule has 2 aromatic carbocycles. The van der Waals surface area contributed by atoms with E-state index in [-0.39, 0.29) is 28.5 Å². The van der Waals surface area contributed by atoms with Gasteiger partial charge in [-0.25, -0.2) is 8.78 Å². The molecule has 3 aromatic rings. The highest BCUT2D eigenvalue weighted by atomic mass is 32.2. The van der Waals surface area contributed by atoms with E-state index >= 15 is 0 Å². The van der Waals surface area contributed by atoms with Gasteiger partial charge in [0.25, 0.3) is 0 Å². The van der Waals surface area contributed by atoms with Crippen molar-refractivity contribution in [2.45, 2.75) is 19.1 Å². The largest absolute Gasteiger partial charge is 0.322 e. The first-order valence-corrected chi connectivity index (χ1v) is 9.82. The number of nitrogens with zero attached hydrogens (tertiary/aromatic N) is 2. The van der Waals surface area contributed by atoms with Crippen molar-refractivity contribution in [1.82, 2.24) is 9.78 Å². The fourth-order valence-electron chi connectivity index (χ4n) is 2.95. The van der Waals surface area contributed by atoms with Gasteiger partial charge in [0.1, 0.15) is 11.6 Å². The SMILES string of the molecule is Cc1nn(C)c(C)c1NC(=O)CSC(c1ccc(F)cc1)c1ccc(F)cc1. The van der Waals surface area contributed by atoms with E-state index in [4.69, 9.17) is 0 Å². The molecule has 0 spiro atoms. The summed E-state index contributed by atoms with van der Waals surface area (Å²) in [6.45, 7) is 3.73. The lowest BCUT2D eigenvalue weighted by molar-refractivity contribution is -0.113. The predicted molar refractivity (Wildman–Crippen MR) is 108 cm³/mol. The third kappa shape index (κ3) is 4.59. The van der Waals surface area contributed by atoms with Crippen molar-refractivity contribution >= 4 is 23.4 Å². The molecule has 7 heteroatoms. The Balaban J connectivity index is 1.76. The van der Waals surface area contributed by atoms with E-state index in [0.29, 0.717) is 5.69 Å². The van der Waals surface area contributed by atoms with Gasteiger partial charge in [-0.2, -0.15) is 5.10 Å². The summed E-state index contributed by atoms with van der Waals surface area (Å²) in [4.78, 5) is 12.5. The molecule has 0 saturated heterocycles. The van der Waals surface area contributed by atoms with Crippen LogP contribution in [0.3, 0.4) is 0 Å². The summed E-state index contributed by atoms with van der Waals surface area (Å²) in [5.74, 6) is -0.620. The first-order chi connectivity index (χ1) is 13.3. The molecular weight excluding hydrogens is 380 g/mol. The summed E-state index contributed by atoms with van der Waals surface area (Å²) in [5, 5.41) is 6.99. The number of aromatic nitrogens is 2. The molecule has 4 nitrogen and oxygen atoms in total. The molecule has 1 N–H and O–H groups in total. The average molecular weight is 401 g/mol. The number of anilines is 1. The normalized spacial score (nSPS) is 11.1. The molecule has 0 aliphatic rings. The molecular formula is C21H21F2N3OS. The second-order valence-electron chi connectivity index (χ2n) is 6.51. The highest BCUT2D eigenvalue weighted by molar-refractivity contribution is 8.00. The van der Waals surface area contributed by atoms with Crippen LogP contribution >= 0.6 is 11.8 Å². The van der Waals surface area contributed by atoms with Crippen LogP contribution in [-0.4, -0.2) is 21.4 Å². The van der Waals surface area contributed by atoms with Crippen molar-refractivity contribution in [3.05, 3.63) is 82.7 Å². The van der Waals surface area contributed by atoms with E-state index in [1.54, 1.807) is 28.9 Å². The smallest absolute Gasteiger partial charge is 0.234 e. The number of carbonyl (C=O) groups is 1. The van der Waals surface area contributed by atoms with Crippen LogP contribution in [0.25, 0.3) is 0 Å². The molecule has 1 aromatic heterocycles. The monoisotopic (exact) mass is 401 g/mol. The molecule has 0 bridgehead atoms. The quantitative estimate of drug-likeness (QED) is 0.647. The summed E-state index contributed by atoms with van der Waals surface area (Å²) < 4.78 is 28.3. The molecule has 1 amide bonds. The van der Waals surface area contributed by atoms with E-state index in [1.807, 2.05) is 20.9 Å². The van der Waals surface area contributed by atoms with Crippen molar-refractivity contribution in [3.63, 3.8) is 0 Å². The molecule has 0 fully saturated rings. The van der Waals surface area contributed by atoms with Crippen LogP contribution in [0.15, 0.2) is 48.5 Å². The molecule has 0 aliphatic heterocycles. The van der Waals surface area contributed by atoms with Crippen LogP contribution in [0, 0.1) is 25.5 Å². The van der Waals surface area contributed by atoms with Crippen molar-refractivity contribution in [2.75, 3.05) is 11.1 Å². The minimum Gasteiger partial charge on any atom is -0.322 e. The molecule has 1 heterocycles. The third-order valence-electron chi connectivity index (χ3n) is 4.50. The molecule has 0 radical (unpaired) electrons. The molecule has 146 valence electrons. The van der Waals surface area contributed by atoms with Crippen LogP contribution < -0.4 is 5.32 Å². The fourth-order valence-corrected chi connectivity index (χ4v) is 4.04. The van der Waals surface area contributed by atoms with E-state index in [1.165, 1.54) is 36.0 Å². The number of rotatable bonds is 6. The van der Waals surface area contributed by atoms with Crippen molar-refractivity contribution in [3.8, 4) is 0 Å². The second-order valence-corrected chi connectivity index (χ2v) is 7.61. The van der Waals surface area contributed by atoms with Gasteiger partial charge in [-0.1, -0.05) is 24.3 Å². The Labute approximate surface area is 167 Å². The molecule has 28 heavy (non-hydrogen) atoms. The number of carbonyl (C=O) groups excluding carboxylic acids is 1. The summed E-state index contributed by atoms with van der Waals surface area (Å²) >= 11 is 1.40. The Bertz CT molecular complexity index is 923. The van der Waals surface area contributed by atoms with Gasteiger partial charge < -0.3 is 5.32 Å². The summed E-state index contributed by atoms with van der Waals surface area (Å²) in [5.41, 5.74) is 4.05. The number of benzene rings is 2. The van der Waals surface area contributed by atoms with E-state index in [2.05, 4.69) is 10.4 Å². The predicted octanol–water partition coefficient (Wildman–Crippen LogP) is 4.78. The highest BCUT2D eigenvalue weighted by Gasteiger charge is 2.18. The van der Waals surface area contributed by atoms with E-state index < -0.39 is 0 Å². The minimum atomic E-state index is -0.327. The topological polar surface area (TPSA) is 46.9 Å². The molecule has 3 rings (SSSR count). The van der Waals surface area contributed by atoms with Gasteiger partial charge in [0.2, 0.25) is 5.91 Å². The molecule has 0 unspecified atom stereocenters. The second kappa shape index (κ2) is 8.56. The number of amides is 1. The van der Waals surface area contributed by atoms with E-state index in [0.717, 1.165) is 22.5 Å². The third-order valence-corrected chi connectivity index (χ3v) is 5.81. The van der Waals surface area contributed by atoms with Crippen LogP contribution in [0.5, 0.6) is 0 Å². The number of hydrogen-bond donors (Lipinski definition) is 1. The van der Waals surface area contributed by atoms with Crippen LogP contribution in [-0.2, 0) is 11.8 Å². The fraction of sp³-hybridized carbons (Fsp3) is 0.238. The zero-order valence-electron chi connectivity index (χ0n) is 15.9. The Morgan fingerprint density at radius 1 is 1.04 bits per heavy atom. The first kappa shape index (κ1) is 20.1. The number of nitrogens with one attached hydrogen (secondary N) is 1.